The quantitative estimate of drug-likeness (QED) is 0.157. The van der Waals surface area contributed by atoms with Crippen molar-refractivity contribution < 1.29 is 0 Å². The van der Waals surface area contributed by atoms with Crippen LogP contribution >= 0.6 is 0 Å². The van der Waals surface area contributed by atoms with Crippen LogP contribution in [-0.4, -0.2) is 6.71 Å². The maximum atomic E-state index is 2.58. The molecule has 1 aromatic rings. The van der Waals surface area contributed by atoms with Crippen LogP contribution in [0.3, 0.4) is 0 Å². The highest BCUT2D eigenvalue weighted by atomic mass is 14.2. The molecule has 0 aromatic heterocycles. The molecular formula is C31H57B. The Bertz CT molecular complexity index is 553. The van der Waals surface area contributed by atoms with E-state index < -0.39 is 0 Å². The van der Waals surface area contributed by atoms with Gasteiger partial charge in [-0.2, -0.15) is 0 Å². The fourth-order valence-electron chi connectivity index (χ4n) is 5.26. The minimum Gasteiger partial charge on any atom is -0.0733 e. The van der Waals surface area contributed by atoms with Crippen LogP contribution in [0, 0.1) is 0 Å². The Hall–Kier alpha value is -0.715. The molecular weight excluding hydrogens is 383 g/mol. The van der Waals surface area contributed by atoms with Crippen molar-refractivity contribution in [2.24, 2.45) is 0 Å². The molecule has 0 aliphatic heterocycles. The molecule has 0 heterocycles. The summed E-state index contributed by atoms with van der Waals surface area (Å²) in [4.78, 5) is 0. The van der Waals surface area contributed by atoms with Gasteiger partial charge in [0.05, 0.1) is 0 Å². The molecule has 1 aromatic carbocycles. The molecule has 0 atom stereocenters. The molecule has 0 amide bonds. The molecule has 1 rings (SSSR count). The maximum Gasteiger partial charge on any atom is 0.176 e. The third-order valence-corrected chi connectivity index (χ3v) is 7.40. The van der Waals surface area contributed by atoms with Crippen molar-refractivity contribution in [2.75, 3.05) is 0 Å². The predicted molar refractivity (Wildman–Crippen MR) is 150 cm³/mol. The van der Waals surface area contributed by atoms with Crippen molar-refractivity contribution in [3.05, 3.63) is 28.8 Å². The van der Waals surface area contributed by atoms with Crippen molar-refractivity contribution in [2.45, 2.75) is 163 Å². The van der Waals surface area contributed by atoms with Gasteiger partial charge in [0.25, 0.3) is 0 Å². The van der Waals surface area contributed by atoms with Crippen LogP contribution < -0.4 is 5.46 Å². The molecule has 0 N–H and O–H groups in total. The highest BCUT2D eigenvalue weighted by Crippen LogP contribution is 2.28. The number of rotatable bonds is 18. The van der Waals surface area contributed by atoms with Crippen LogP contribution in [-0.2, 0) is 0 Å². The Morgan fingerprint density at radius 1 is 0.531 bits per heavy atom. The van der Waals surface area contributed by atoms with Crippen molar-refractivity contribution >= 4 is 12.2 Å². The van der Waals surface area contributed by atoms with E-state index in [1.807, 2.05) is 0 Å². The number of unbranched alkanes of at least 4 members (excludes halogenated alkanes) is 10. The minimum absolute atomic E-state index is 0.606. The van der Waals surface area contributed by atoms with Gasteiger partial charge >= 0.3 is 0 Å². The van der Waals surface area contributed by atoms with Gasteiger partial charge in [0.1, 0.15) is 0 Å². The molecule has 0 radical (unpaired) electrons. The average molecular weight is 441 g/mol. The van der Waals surface area contributed by atoms with E-state index >= 15 is 0 Å². The maximum absolute atomic E-state index is 2.58. The molecule has 0 fully saturated rings. The topological polar surface area (TPSA) is 0 Å². The summed E-state index contributed by atoms with van der Waals surface area (Å²) in [7, 11) is 0. The number of benzene rings is 1. The summed E-state index contributed by atoms with van der Waals surface area (Å²) in [6, 6.07) is 5.15. The SMILES string of the molecule is CCCCCCCCB(CCCCCCCC)c1c(C(C)C)cc(C(C)C)cc1C(C)C. The summed E-state index contributed by atoms with van der Waals surface area (Å²) in [5, 5.41) is 0. The smallest absolute Gasteiger partial charge is 0.0733 e. The molecule has 0 saturated carbocycles. The Balaban J connectivity index is 3.09. The van der Waals surface area contributed by atoms with E-state index in [2.05, 4.69) is 67.5 Å². The van der Waals surface area contributed by atoms with E-state index in [1.54, 1.807) is 22.2 Å². The van der Waals surface area contributed by atoms with Gasteiger partial charge in [-0.15, -0.1) is 0 Å². The highest BCUT2D eigenvalue weighted by molar-refractivity contribution is 6.74. The monoisotopic (exact) mass is 440 g/mol. The van der Waals surface area contributed by atoms with Crippen LogP contribution in [0.2, 0.25) is 12.6 Å². The van der Waals surface area contributed by atoms with Crippen LogP contribution in [0.15, 0.2) is 12.1 Å². The minimum atomic E-state index is 0.606. The van der Waals surface area contributed by atoms with Crippen molar-refractivity contribution in [1.82, 2.24) is 0 Å². The number of hydrogen-bond acceptors (Lipinski definition) is 0. The molecule has 0 aliphatic rings. The zero-order valence-electron chi connectivity index (χ0n) is 23.4. The molecule has 32 heavy (non-hydrogen) atoms. The highest BCUT2D eigenvalue weighted by Gasteiger charge is 2.25. The lowest BCUT2D eigenvalue weighted by atomic mass is 9.37. The standard InChI is InChI=1S/C31H57B/c1-9-11-13-15-17-19-21-32(22-20-18-16-14-12-10-2)31-29(26(5)6)23-28(25(3)4)24-30(31)27(7)8/h23-27H,9-22H2,1-8H3. The van der Waals surface area contributed by atoms with Crippen LogP contribution in [0.4, 0.5) is 0 Å². The van der Waals surface area contributed by atoms with E-state index in [9.17, 15) is 0 Å². The average Bonchev–Trinajstić information content (AvgIpc) is 2.75. The lowest BCUT2D eigenvalue weighted by Crippen LogP contribution is -2.37. The first-order valence-electron chi connectivity index (χ1n) is 14.5. The lowest BCUT2D eigenvalue weighted by Gasteiger charge is -2.27. The van der Waals surface area contributed by atoms with Gasteiger partial charge in [-0.05, 0) is 23.3 Å². The Morgan fingerprint density at radius 3 is 1.25 bits per heavy atom. The van der Waals surface area contributed by atoms with Crippen LogP contribution in [0.1, 0.15) is 167 Å². The van der Waals surface area contributed by atoms with E-state index in [0.29, 0.717) is 17.8 Å². The van der Waals surface area contributed by atoms with Gasteiger partial charge in [0.2, 0.25) is 0 Å². The molecule has 0 nitrogen and oxygen atoms in total. The van der Waals surface area contributed by atoms with Gasteiger partial charge < -0.3 is 0 Å². The zero-order chi connectivity index (χ0) is 23.9. The summed E-state index contributed by atoms with van der Waals surface area (Å²) in [5.41, 5.74) is 6.60. The molecule has 1 heteroatoms. The van der Waals surface area contributed by atoms with E-state index in [4.69, 9.17) is 0 Å². The first kappa shape index (κ1) is 29.3. The summed E-state index contributed by atoms with van der Waals surface area (Å²) in [5.74, 6) is 1.82. The van der Waals surface area contributed by atoms with Gasteiger partial charge in [-0.1, -0.05) is 174 Å². The van der Waals surface area contributed by atoms with Gasteiger partial charge in [0, 0.05) is 0 Å². The summed E-state index contributed by atoms with van der Waals surface area (Å²) in [6.07, 6.45) is 19.7. The van der Waals surface area contributed by atoms with E-state index in [-0.39, 0.29) is 0 Å². The molecule has 0 saturated heterocycles. The summed E-state index contributed by atoms with van der Waals surface area (Å²) >= 11 is 0. The predicted octanol–water partition coefficient (Wildman–Crippen LogP) is 10.5. The van der Waals surface area contributed by atoms with Gasteiger partial charge in [-0.3, -0.25) is 0 Å². The second kappa shape index (κ2) is 16.8. The Kier molecular flexibility index (Phi) is 15.4. The number of hydrogen-bond donors (Lipinski definition) is 0. The normalized spacial score (nSPS) is 11.8. The van der Waals surface area contributed by atoms with Gasteiger partial charge in [0.15, 0.2) is 6.71 Å². The van der Waals surface area contributed by atoms with Crippen molar-refractivity contribution in [1.29, 1.82) is 0 Å². The first-order chi connectivity index (χ1) is 15.3. The largest absolute Gasteiger partial charge is 0.176 e. The van der Waals surface area contributed by atoms with E-state index in [1.165, 1.54) is 89.7 Å². The molecule has 0 bridgehead atoms. The summed E-state index contributed by atoms with van der Waals surface area (Å²) in [6.45, 7) is 19.8. The first-order valence-corrected chi connectivity index (χ1v) is 14.5. The van der Waals surface area contributed by atoms with Crippen LogP contribution in [0.25, 0.3) is 0 Å². The third kappa shape index (κ3) is 10.5. The third-order valence-electron chi connectivity index (χ3n) is 7.40. The van der Waals surface area contributed by atoms with Gasteiger partial charge in [-0.25, -0.2) is 0 Å². The molecule has 0 aliphatic carbocycles. The van der Waals surface area contributed by atoms with Crippen LogP contribution in [0.5, 0.6) is 0 Å². The lowest BCUT2D eigenvalue weighted by molar-refractivity contribution is 0.617. The van der Waals surface area contributed by atoms with Crippen molar-refractivity contribution in [3.8, 4) is 0 Å². The fourth-order valence-corrected chi connectivity index (χ4v) is 5.26. The second-order valence-corrected chi connectivity index (χ2v) is 11.4. The molecule has 184 valence electrons. The fraction of sp³-hybridized carbons (Fsp3) is 0.806. The zero-order valence-corrected chi connectivity index (χ0v) is 23.4. The molecule has 0 unspecified atom stereocenters. The summed E-state index contributed by atoms with van der Waals surface area (Å²) < 4.78 is 0. The second-order valence-electron chi connectivity index (χ2n) is 11.4. The molecule has 0 spiro atoms. The van der Waals surface area contributed by atoms with E-state index in [0.717, 1.165) is 6.71 Å². The Morgan fingerprint density at radius 2 is 0.906 bits per heavy atom. The Labute approximate surface area is 203 Å². The van der Waals surface area contributed by atoms with Crippen molar-refractivity contribution in [3.63, 3.8) is 0 Å².